The largest absolute Gasteiger partial charge is 0.384 e. The van der Waals surface area contributed by atoms with E-state index in [2.05, 4.69) is 28.9 Å². The van der Waals surface area contributed by atoms with Crippen LogP contribution in [0.4, 0.5) is 5.69 Å². The summed E-state index contributed by atoms with van der Waals surface area (Å²) >= 11 is 1.79. The van der Waals surface area contributed by atoms with Gasteiger partial charge in [-0.2, -0.15) is 5.26 Å². The average molecular weight is 242 g/mol. The van der Waals surface area contributed by atoms with E-state index in [1.165, 1.54) is 4.88 Å². The molecule has 2 aromatic rings. The van der Waals surface area contributed by atoms with Crippen molar-refractivity contribution in [2.45, 2.75) is 13.3 Å². The van der Waals surface area contributed by atoms with Gasteiger partial charge in [-0.15, -0.1) is 11.3 Å². The first-order valence-electron chi connectivity index (χ1n) is 5.56. The van der Waals surface area contributed by atoms with Crippen molar-refractivity contribution in [3.63, 3.8) is 0 Å². The molecule has 17 heavy (non-hydrogen) atoms. The van der Waals surface area contributed by atoms with Crippen molar-refractivity contribution in [1.29, 1.82) is 5.26 Å². The Morgan fingerprint density at radius 1 is 1.35 bits per heavy atom. The third-order valence-corrected chi connectivity index (χ3v) is 3.56. The minimum Gasteiger partial charge on any atom is -0.384 e. The highest BCUT2D eigenvalue weighted by molar-refractivity contribution is 7.09. The van der Waals surface area contributed by atoms with Crippen LogP contribution in [0.5, 0.6) is 0 Å². The molecule has 0 aliphatic carbocycles. The molecule has 0 atom stereocenters. The zero-order chi connectivity index (χ0) is 12.1. The topological polar surface area (TPSA) is 35.8 Å². The van der Waals surface area contributed by atoms with Gasteiger partial charge in [0.1, 0.15) is 0 Å². The van der Waals surface area contributed by atoms with Crippen LogP contribution in [0.15, 0.2) is 35.7 Å². The molecule has 0 radical (unpaired) electrons. The van der Waals surface area contributed by atoms with Gasteiger partial charge in [-0.3, -0.25) is 0 Å². The van der Waals surface area contributed by atoms with Gasteiger partial charge in [0.05, 0.1) is 11.6 Å². The number of nitrogens with zero attached hydrogens (tertiary/aromatic N) is 1. The Kier molecular flexibility index (Phi) is 3.79. The Hall–Kier alpha value is -1.79. The maximum absolute atomic E-state index is 8.78. The Morgan fingerprint density at radius 3 is 2.88 bits per heavy atom. The molecular weight excluding hydrogens is 228 g/mol. The zero-order valence-electron chi connectivity index (χ0n) is 9.73. The van der Waals surface area contributed by atoms with Crippen LogP contribution >= 0.6 is 11.3 Å². The monoisotopic (exact) mass is 242 g/mol. The van der Waals surface area contributed by atoms with Gasteiger partial charge in [-0.1, -0.05) is 6.07 Å². The Bertz CT molecular complexity index is 524. The molecule has 0 saturated heterocycles. The van der Waals surface area contributed by atoms with Crippen molar-refractivity contribution in [2.75, 3.05) is 11.9 Å². The molecule has 1 aromatic carbocycles. The van der Waals surface area contributed by atoms with Crippen LogP contribution in [0, 0.1) is 18.3 Å². The second-order valence-corrected chi connectivity index (χ2v) is 4.93. The van der Waals surface area contributed by atoms with Gasteiger partial charge in [-0.05, 0) is 48.6 Å². The summed E-state index contributed by atoms with van der Waals surface area (Å²) in [7, 11) is 0. The third-order valence-electron chi connectivity index (χ3n) is 2.62. The van der Waals surface area contributed by atoms with Crippen LogP contribution < -0.4 is 5.32 Å². The van der Waals surface area contributed by atoms with Crippen molar-refractivity contribution < 1.29 is 0 Å². The van der Waals surface area contributed by atoms with E-state index in [1.807, 2.05) is 25.1 Å². The first-order valence-corrected chi connectivity index (χ1v) is 6.44. The molecule has 0 amide bonds. The molecule has 0 aliphatic heterocycles. The lowest BCUT2D eigenvalue weighted by Gasteiger charge is -2.08. The molecule has 0 bridgehead atoms. The molecule has 0 fully saturated rings. The van der Waals surface area contributed by atoms with Gasteiger partial charge in [0.2, 0.25) is 0 Å². The number of benzene rings is 1. The van der Waals surface area contributed by atoms with Crippen LogP contribution in [0.25, 0.3) is 0 Å². The highest BCUT2D eigenvalue weighted by Crippen LogP contribution is 2.16. The zero-order valence-corrected chi connectivity index (χ0v) is 10.6. The summed E-state index contributed by atoms with van der Waals surface area (Å²) in [5.74, 6) is 0. The van der Waals surface area contributed by atoms with Crippen molar-refractivity contribution in [2.24, 2.45) is 0 Å². The van der Waals surface area contributed by atoms with Crippen LogP contribution in [0.1, 0.15) is 16.0 Å². The number of aryl methyl sites for hydroxylation is 1. The normalized spacial score (nSPS) is 9.88. The molecule has 1 aromatic heterocycles. The highest BCUT2D eigenvalue weighted by atomic mass is 32.1. The SMILES string of the molecule is Cc1cc(C#N)ccc1NCCc1cccs1. The number of anilines is 1. The van der Waals surface area contributed by atoms with Gasteiger partial charge in [0.25, 0.3) is 0 Å². The Balaban J connectivity index is 1.93. The minimum absolute atomic E-state index is 0.714. The Morgan fingerprint density at radius 2 is 2.24 bits per heavy atom. The molecule has 0 spiro atoms. The fraction of sp³-hybridized carbons (Fsp3) is 0.214. The van der Waals surface area contributed by atoms with Crippen LogP contribution in [0.3, 0.4) is 0 Å². The third kappa shape index (κ3) is 3.08. The summed E-state index contributed by atoms with van der Waals surface area (Å²) in [6.07, 6.45) is 1.04. The molecule has 1 heterocycles. The number of rotatable bonds is 4. The molecule has 2 rings (SSSR count). The summed E-state index contributed by atoms with van der Waals surface area (Å²) in [6.45, 7) is 2.95. The lowest BCUT2D eigenvalue weighted by molar-refractivity contribution is 1.04. The second-order valence-electron chi connectivity index (χ2n) is 3.90. The average Bonchev–Trinajstić information content (AvgIpc) is 2.84. The first-order chi connectivity index (χ1) is 8.29. The molecule has 0 saturated carbocycles. The Labute approximate surface area is 106 Å². The van der Waals surface area contributed by atoms with E-state index < -0.39 is 0 Å². The number of thiophene rings is 1. The van der Waals surface area contributed by atoms with Gasteiger partial charge >= 0.3 is 0 Å². The van der Waals surface area contributed by atoms with E-state index >= 15 is 0 Å². The summed E-state index contributed by atoms with van der Waals surface area (Å²) in [5, 5.41) is 14.3. The number of hydrogen-bond acceptors (Lipinski definition) is 3. The van der Waals surface area contributed by atoms with E-state index in [0.29, 0.717) is 5.56 Å². The van der Waals surface area contributed by atoms with Crippen LogP contribution in [-0.4, -0.2) is 6.54 Å². The van der Waals surface area contributed by atoms with Crippen molar-refractivity contribution in [3.8, 4) is 6.07 Å². The second kappa shape index (κ2) is 5.51. The molecule has 3 heteroatoms. The fourth-order valence-electron chi connectivity index (χ4n) is 1.71. The maximum Gasteiger partial charge on any atom is 0.0991 e. The lowest BCUT2D eigenvalue weighted by Crippen LogP contribution is -2.05. The summed E-state index contributed by atoms with van der Waals surface area (Å²) in [4.78, 5) is 1.39. The quantitative estimate of drug-likeness (QED) is 0.889. The van der Waals surface area contributed by atoms with Crippen LogP contribution in [-0.2, 0) is 6.42 Å². The molecule has 2 nitrogen and oxygen atoms in total. The van der Waals surface area contributed by atoms with E-state index in [-0.39, 0.29) is 0 Å². The summed E-state index contributed by atoms with van der Waals surface area (Å²) in [6, 6.07) is 12.1. The van der Waals surface area contributed by atoms with Gasteiger partial charge in [0, 0.05) is 17.1 Å². The van der Waals surface area contributed by atoms with E-state index in [1.54, 1.807) is 11.3 Å². The molecular formula is C14H14N2S. The lowest BCUT2D eigenvalue weighted by atomic mass is 10.1. The number of nitrogens with one attached hydrogen (secondary N) is 1. The first kappa shape index (κ1) is 11.7. The minimum atomic E-state index is 0.714. The summed E-state index contributed by atoms with van der Waals surface area (Å²) < 4.78 is 0. The molecule has 86 valence electrons. The van der Waals surface area contributed by atoms with E-state index in [4.69, 9.17) is 5.26 Å². The van der Waals surface area contributed by atoms with E-state index in [0.717, 1.165) is 24.2 Å². The van der Waals surface area contributed by atoms with Gasteiger partial charge < -0.3 is 5.32 Å². The maximum atomic E-state index is 8.78. The predicted molar refractivity (Wildman–Crippen MR) is 72.4 cm³/mol. The van der Waals surface area contributed by atoms with Crippen molar-refractivity contribution >= 4 is 17.0 Å². The van der Waals surface area contributed by atoms with Crippen molar-refractivity contribution in [1.82, 2.24) is 0 Å². The van der Waals surface area contributed by atoms with Gasteiger partial charge in [-0.25, -0.2) is 0 Å². The van der Waals surface area contributed by atoms with Gasteiger partial charge in [0.15, 0.2) is 0 Å². The van der Waals surface area contributed by atoms with Crippen molar-refractivity contribution in [3.05, 3.63) is 51.7 Å². The number of hydrogen-bond donors (Lipinski definition) is 1. The fourth-order valence-corrected chi connectivity index (χ4v) is 2.42. The highest BCUT2D eigenvalue weighted by Gasteiger charge is 1.99. The summed E-state index contributed by atoms with van der Waals surface area (Å²) in [5.41, 5.74) is 2.95. The number of nitriles is 1. The standard InChI is InChI=1S/C14H14N2S/c1-11-9-12(10-15)4-5-14(11)16-7-6-13-3-2-8-17-13/h2-5,8-9,16H,6-7H2,1H3. The molecule has 0 aliphatic rings. The predicted octanol–water partition coefficient (Wildman–Crippen LogP) is 3.58. The van der Waals surface area contributed by atoms with E-state index in [9.17, 15) is 0 Å². The smallest absolute Gasteiger partial charge is 0.0991 e. The van der Waals surface area contributed by atoms with Crippen LogP contribution in [0.2, 0.25) is 0 Å². The molecule has 1 N–H and O–H groups in total. The molecule has 0 unspecified atom stereocenters.